The van der Waals surface area contributed by atoms with E-state index in [2.05, 4.69) is 17.4 Å². The number of hydrogen-bond acceptors (Lipinski definition) is 3. The van der Waals surface area contributed by atoms with E-state index < -0.39 is 11.6 Å². The topological polar surface area (TPSA) is 69.7 Å². The molecule has 3 aliphatic rings. The summed E-state index contributed by atoms with van der Waals surface area (Å²) in [6, 6.07) is 15.9. The van der Waals surface area contributed by atoms with Crippen molar-refractivity contribution in [1.82, 2.24) is 15.1 Å². The molecular weight excluding hydrogens is 402 g/mol. The summed E-state index contributed by atoms with van der Waals surface area (Å²) in [6.07, 6.45) is 3.63. The molecule has 32 heavy (non-hydrogen) atoms. The smallest absolute Gasteiger partial charge is 0.325 e. The first kappa shape index (κ1) is 20.7. The molecule has 4 amide bonds. The Hall–Kier alpha value is -3.15. The number of carbonyl (C=O) groups excluding carboxylic acids is 3. The molecule has 2 atom stereocenters. The van der Waals surface area contributed by atoms with Crippen LogP contribution in [0.25, 0.3) is 0 Å². The number of hydrogen-bond donors (Lipinski definition) is 1. The van der Waals surface area contributed by atoms with Gasteiger partial charge in [0.2, 0.25) is 5.91 Å². The van der Waals surface area contributed by atoms with Crippen LogP contribution in [0.1, 0.15) is 54.5 Å². The zero-order valence-corrected chi connectivity index (χ0v) is 18.6. The Morgan fingerprint density at radius 1 is 1.09 bits per heavy atom. The fraction of sp³-hybridized carbons (Fsp3) is 0.423. The third-order valence-electron chi connectivity index (χ3n) is 7.26. The number of carbonyl (C=O) groups is 3. The van der Waals surface area contributed by atoms with Crippen molar-refractivity contribution in [3.8, 4) is 0 Å². The monoisotopic (exact) mass is 431 g/mol. The molecule has 2 aliphatic carbocycles. The molecule has 2 fully saturated rings. The maximum Gasteiger partial charge on any atom is 0.325 e. The normalized spacial score (nSPS) is 24.4. The van der Waals surface area contributed by atoms with E-state index in [1.165, 1.54) is 5.56 Å². The molecule has 1 saturated heterocycles. The number of nitrogens with zero attached hydrogens (tertiary/aromatic N) is 2. The minimum atomic E-state index is -0.876. The first-order valence-electron chi connectivity index (χ1n) is 11.4. The number of aryl methyl sites for hydroxylation is 2. The summed E-state index contributed by atoms with van der Waals surface area (Å²) in [5, 5.41) is 2.84. The molecular formula is C26H29N3O3. The molecule has 1 heterocycles. The number of nitrogens with one attached hydrogen (secondary N) is 1. The lowest BCUT2D eigenvalue weighted by molar-refractivity contribution is -0.141. The molecule has 6 nitrogen and oxygen atoms in total. The molecule has 0 radical (unpaired) electrons. The predicted octanol–water partition coefficient (Wildman–Crippen LogP) is 3.73. The van der Waals surface area contributed by atoms with Crippen molar-refractivity contribution in [2.24, 2.45) is 5.92 Å². The lowest BCUT2D eigenvalue weighted by atomic mass is 9.96. The molecule has 2 unspecified atom stereocenters. The molecule has 0 spiro atoms. The first-order chi connectivity index (χ1) is 15.4. The standard InChI is InChI=1S/C26H29N3O3/c1-17-7-9-18(10-8-17)15-28(22-14-11-19-5-3-4-6-21(19)22)23(30)16-29-24(31)26(2,20-12-13-20)27-25(29)32/h3-10,20,22H,11-16H2,1-2H3,(H,27,32). The van der Waals surface area contributed by atoms with E-state index in [1.807, 2.05) is 48.2 Å². The van der Waals surface area contributed by atoms with Gasteiger partial charge in [-0.15, -0.1) is 0 Å². The van der Waals surface area contributed by atoms with E-state index in [0.29, 0.717) is 6.54 Å². The van der Waals surface area contributed by atoms with Crippen molar-refractivity contribution in [3.63, 3.8) is 0 Å². The summed E-state index contributed by atoms with van der Waals surface area (Å²) in [5.41, 5.74) is 3.74. The van der Waals surface area contributed by atoms with Gasteiger partial charge in [-0.3, -0.25) is 14.5 Å². The second-order valence-corrected chi connectivity index (χ2v) is 9.56. The van der Waals surface area contributed by atoms with Crippen molar-refractivity contribution in [2.45, 2.75) is 57.7 Å². The third-order valence-corrected chi connectivity index (χ3v) is 7.26. The van der Waals surface area contributed by atoms with Gasteiger partial charge < -0.3 is 10.2 Å². The minimum Gasteiger partial charge on any atom is -0.330 e. The average Bonchev–Trinajstić information content (AvgIpc) is 3.53. The molecule has 1 N–H and O–H groups in total. The Morgan fingerprint density at radius 3 is 2.53 bits per heavy atom. The molecule has 6 heteroatoms. The molecule has 0 bridgehead atoms. The van der Waals surface area contributed by atoms with Crippen LogP contribution in [0, 0.1) is 12.8 Å². The minimum absolute atomic E-state index is 0.0596. The van der Waals surface area contributed by atoms with Gasteiger partial charge in [0, 0.05) is 6.54 Å². The summed E-state index contributed by atoms with van der Waals surface area (Å²) in [4.78, 5) is 42.3. The number of fused-ring (bicyclic) bond motifs is 1. The van der Waals surface area contributed by atoms with Gasteiger partial charge >= 0.3 is 6.03 Å². The number of amides is 4. The van der Waals surface area contributed by atoms with Crippen LogP contribution in [-0.4, -0.2) is 39.7 Å². The van der Waals surface area contributed by atoms with Gasteiger partial charge in [0.05, 0.1) is 6.04 Å². The van der Waals surface area contributed by atoms with Gasteiger partial charge in [-0.2, -0.15) is 0 Å². The highest BCUT2D eigenvalue weighted by atomic mass is 16.2. The zero-order chi connectivity index (χ0) is 22.5. The Morgan fingerprint density at radius 2 is 1.81 bits per heavy atom. The summed E-state index contributed by atoms with van der Waals surface area (Å²) in [5.74, 6) is -0.305. The summed E-state index contributed by atoms with van der Waals surface area (Å²) >= 11 is 0. The Labute approximate surface area is 188 Å². The number of imide groups is 1. The van der Waals surface area contributed by atoms with Crippen LogP contribution in [0.3, 0.4) is 0 Å². The van der Waals surface area contributed by atoms with E-state index in [9.17, 15) is 14.4 Å². The fourth-order valence-electron chi connectivity index (χ4n) is 5.14. The Balaban J connectivity index is 1.41. The molecule has 5 rings (SSSR count). The van der Waals surface area contributed by atoms with Crippen LogP contribution in [0.15, 0.2) is 48.5 Å². The maximum atomic E-state index is 13.6. The van der Waals surface area contributed by atoms with Gasteiger partial charge in [-0.25, -0.2) is 4.79 Å². The van der Waals surface area contributed by atoms with Gasteiger partial charge in [0.25, 0.3) is 5.91 Å². The quantitative estimate of drug-likeness (QED) is 0.709. The molecule has 2 aromatic rings. The van der Waals surface area contributed by atoms with Crippen molar-refractivity contribution in [1.29, 1.82) is 0 Å². The highest BCUT2D eigenvalue weighted by Crippen LogP contribution is 2.43. The third kappa shape index (κ3) is 3.57. The largest absolute Gasteiger partial charge is 0.330 e. The second-order valence-electron chi connectivity index (χ2n) is 9.56. The van der Waals surface area contributed by atoms with Crippen molar-refractivity contribution in [3.05, 3.63) is 70.8 Å². The van der Waals surface area contributed by atoms with E-state index in [0.717, 1.165) is 47.3 Å². The fourth-order valence-corrected chi connectivity index (χ4v) is 5.14. The predicted molar refractivity (Wildman–Crippen MR) is 121 cm³/mol. The van der Waals surface area contributed by atoms with Gasteiger partial charge in [0.1, 0.15) is 12.1 Å². The van der Waals surface area contributed by atoms with Gasteiger partial charge in [-0.05, 0) is 62.1 Å². The molecule has 2 aromatic carbocycles. The Kier molecular flexibility index (Phi) is 5.03. The molecule has 166 valence electrons. The Bertz CT molecular complexity index is 1080. The first-order valence-corrected chi connectivity index (χ1v) is 11.4. The van der Waals surface area contributed by atoms with Crippen molar-refractivity contribution >= 4 is 17.8 Å². The number of urea groups is 1. The highest BCUT2D eigenvalue weighted by Gasteiger charge is 2.56. The van der Waals surface area contributed by atoms with Gasteiger partial charge in [0.15, 0.2) is 0 Å². The second kappa shape index (κ2) is 7.76. The van der Waals surface area contributed by atoms with Gasteiger partial charge in [-0.1, -0.05) is 54.1 Å². The summed E-state index contributed by atoms with van der Waals surface area (Å²) < 4.78 is 0. The molecule has 1 saturated carbocycles. The lowest BCUT2D eigenvalue weighted by Gasteiger charge is -2.31. The lowest BCUT2D eigenvalue weighted by Crippen LogP contribution is -2.47. The maximum absolute atomic E-state index is 13.6. The molecule has 0 aromatic heterocycles. The van der Waals surface area contributed by atoms with Crippen LogP contribution in [-0.2, 0) is 22.6 Å². The highest BCUT2D eigenvalue weighted by molar-refractivity contribution is 6.09. The van der Waals surface area contributed by atoms with E-state index >= 15 is 0 Å². The average molecular weight is 432 g/mol. The zero-order valence-electron chi connectivity index (χ0n) is 18.6. The van der Waals surface area contributed by atoms with Crippen molar-refractivity contribution in [2.75, 3.05) is 6.54 Å². The van der Waals surface area contributed by atoms with Crippen LogP contribution in [0.4, 0.5) is 4.79 Å². The molecule has 1 aliphatic heterocycles. The summed E-state index contributed by atoms with van der Waals surface area (Å²) in [7, 11) is 0. The van der Waals surface area contributed by atoms with E-state index in [1.54, 1.807) is 6.92 Å². The SMILES string of the molecule is Cc1ccc(CN(C(=O)CN2C(=O)NC(C)(C3CC3)C2=O)C2CCc3ccccc32)cc1. The van der Waals surface area contributed by atoms with E-state index in [-0.39, 0.29) is 30.3 Å². The van der Waals surface area contributed by atoms with Crippen LogP contribution in [0.2, 0.25) is 0 Å². The number of benzene rings is 2. The van der Waals surface area contributed by atoms with Crippen LogP contribution < -0.4 is 5.32 Å². The number of rotatable bonds is 6. The summed E-state index contributed by atoms with van der Waals surface area (Å²) in [6.45, 7) is 4.04. The van der Waals surface area contributed by atoms with Crippen molar-refractivity contribution < 1.29 is 14.4 Å². The van der Waals surface area contributed by atoms with Crippen LogP contribution >= 0.6 is 0 Å². The van der Waals surface area contributed by atoms with E-state index in [4.69, 9.17) is 0 Å². The van der Waals surface area contributed by atoms with Crippen LogP contribution in [0.5, 0.6) is 0 Å².